The quantitative estimate of drug-likeness (QED) is 0.369. The van der Waals surface area contributed by atoms with Crippen molar-refractivity contribution in [3.8, 4) is 0 Å². The van der Waals surface area contributed by atoms with Gasteiger partial charge in [0.05, 0.1) is 25.2 Å². The van der Waals surface area contributed by atoms with Crippen LogP contribution < -0.4 is 4.90 Å². The third-order valence-corrected chi connectivity index (χ3v) is 7.89. The van der Waals surface area contributed by atoms with E-state index in [1.807, 2.05) is 0 Å². The molecule has 2 rings (SSSR count). The smallest absolute Gasteiger partial charge is 0.380 e. The largest absolute Gasteiger partial charge is 0.419 e. The van der Waals surface area contributed by atoms with E-state index < -0.39 is 19.8 Å². The van der Waals surface area contributed by atoms with E-state index in [0.717, 1.165) is 6.07 Å². The Morgan fingerprint density at radius 3 is 2.62 bits per heavy atom. The normalized spacial score (nSPS) is 21.1. The number of piperazine rings is 1. The highest BCUT2D eigenvalue weighted by atomic mass is 79.9. The van der Waals surface area contributed by atoms with E-state index in [4.69, 9.17) is 4.74 Å². The highest BCUT2D eigenvalue weighted by Crippen LogP contribution is 2.37. The fourth-order valence-electron chi connectivity index (χ4n) is 3.23. The van der Waals surface area contributed by atoms with Gasteiger partial charge in [0, 0.05) is 38.1 Å². The van der Waals surface area contributed by atoms with Crippen molar-refractivity contribution in [2.45, 2.75) is 36.4 Å². The molecule has 1 aromatic rings. The maximum Gasteiger partial charge on any atom is 0.419 e. The third-order valence-electron chi connectivity index (χ3n) is 4.58. The first-order valence-electron chi connectivity index (χ1n) is 8.59. The average molecular weight is 453 g/mol. The summed E-state index contributed by atoms with van der Waals surface area (Å²) in [6, 6.07) is 2.41. The van der Waals surface area contributed by atoms with E-state index >= 15 is 0 Å². The Labute approximate surface area is 162 Å². The fraction of sp³-hybridized carbons (Fsp3) is 0.647. The number of hydrogen-bond donors (Lipinski definition) is 0. The third kappa shape index (κ3) is 5.21. The molecule has 0 bridgehead atoms. The summed E-state index contributed by atoms with van der Waals surface area (Å²) in [4.78, 5) is 7.80. The topological polar surface area (TPSA) is 28.6 Å². The molecule has 9 heteroatoms. The van der Waals surface area contributed by atoms with Crippen LogP contribution in [-0.2, 0) is 10.9 Å². The van der Waals surface area contributed by atoms with Crippen molar-refractivity contribution >= 4 is 29.8 Å². The van der Waals surface area contributed by atoms with Gasteiger partial charge in [-0.1, -0.05) is 35.6 Å². The standard InChI is InChI=1S/C17H26BrF3N3OSi/c1-5-25-12-15(26(2,3)4)23-9-10-24(14(18)11-23)16-13(17(19,20)21)7-6-8-22-16/h6-8,14-15H,1,5,9-12H2,2-4H3. The summed E-state index contributed by atoms with van der Waals surface area (Å²) in [5.74, 6) is -0.0138. The SMILES string of the molecule is [CH2]COCC(N1CCN(c2ncccc2C(F)(F)F)C(Br)C1)[Si](C)(C)C. The second kappa shape index (κ2) is 8.58. The van der Waals surface area contributed by atoms with Gasteiger partial charge < -0.3 is 9.64 Å². The summed E-state index contributed by atoms with van der Waals surface area (Å²) in [6.07, 6.45) is -3.01. The first kappa shape index (κ1) is 21.7. The number of halogens is 4. The molecule has 0 saturated carbocycles. The molecule has 1 aliphatic rings. The van der Waals surface area contributed by atoms with Gasteiger partial charge in [-0.05, 0) is 19.1 Å². The molecule has 1 aliphatic heterocycles. The monoisotopic (exact) mass is 452 g/mol. The maximum absolute atomic E-state index is 13.3. The summed E-state index contributed by atoms with van der Waals surface area (Å²) in [5, 5.41) is 0. The molecular weight excluding hydrogens is 427 g/mol. The Kier molecular flexibility index (Phi) is 7.14. The Morgan fingerprint density at radius 1 is 1.38 bits per heavy atom. The van der Waals surface area contributed by atoms with Crippen LogP contribution in [0.1, 0.15) is 5.56 Å². The zero-order valence-electron chi connectivity index (χ0n) is 15.4. The highest BCUT2D eigenvalue weighted by Gasteiger charge is 2.40. The average Bonchev–Trinajstić information content (AvgIpc) is 2.53. The van der Waals surface area contributed by atoms with Gasteiger partial charge in [-0.15, -0.1) is 0 Å². The number of alkyl halides is 4. The van der Waals surface area contributed by atoms with Gasteiger partial charge in [0.1, 0.15) is 5.82 Å². The van der Waals surface area contributed by atoms with Gasteiger partial charge in [-0.2, -0.15) is 13.2 Å². The van der Waals surface area contributed by atoms with E-state index in [9.17, 15) is 13.2 Å². The molecule has 0 aromatic carbocycles. The summed E-state index contributed by atoms with van der Waals surface area (Å²) < 4.78 is 45.5. The molecular formula is C17H26BrF3N3OSi. The van der Waals surface area contributed by atoms with Crippen LogP contribution in [0.3, 0.4) is 0 Å². The van der Waals surface area contributed by atoms with Gasteiger partial charge in [0.2, 0.25) is 0 Å². The molecule has 0 aliphatic carbocycles. The van der Waals surface area contributed by atoms with Crippen LogP contribution in [0.2, 0.25) is 19.6 Å². The van der Waals surface area contributed by atoms with Gasteiger partial charge in [0.15, 0.2) is 0 Å². The van der Waals surface area contributed by atoms with E-state index in [1.165, 1.54) is 12.3 Å². The second-order valence-corrected chi connectivity index (χ2v) is 13.9. The molecule has 0 spiro atoms. The summed E-state index contributed by atoms with van der Waals surface area (Å²) in [6.45, 7) is 13.3. The molecule has 2 unspecified atom stereocenters. The van der Waals surface area contributed by atoms with E-state index in [2.05, 4.69) is 52.4 Å². The molecule has 4 nitrogen and oxygen atoms in total. The number of rotatable bonds is 6. The van der Waals surface area contributed by atoms with Crippen LogP contribution in [-0.4, -0.2) is 61.4 Å². The maximum atomic E-state index is 13.3. The molecule has 26 heavy (non-hydrogen) atoms. The lowest BCUT2D eigenvalue weighted by Gasteiger charge is -2.46. The fourth-order valence-corrected chi connectivity index (χ4v) is 5.94. The zero-order chi connectivity index (χ0) is 19.5. The molecule has 0 N–H and O–H groups in total. The minimum atomic E-state index is -4.42. The van der Waals surface area contributed by atoms with Crippen LogP contribution in [0.4, 0.5) is 19.0 Å². The molecule has 1 fully saturated rings. The Balaban J connectivity index is 2.18. The van der Waals surface area contributed by atoms with Crippen molar-refractivity contribution in [2.24, 2.45) is 0 Å². The summed E-state index contributed by atoms with van der Waals surface area (Å²) in [7, 11) is -1.54. The van der Waals surface area contributed by atoms with Crippen LogP contribution in [0.5, 0.6) is 0 Å². The van der Waals surface area contributed by atoms with Crippen LogP contribution in [0, 0.1) is 6.92 Å². The van der Waals surface area contributed by atoms with Crippen molar-refractivity contribution < 1.29 is 17.9 Å². The lowest BCUT2D eigenvalue weighted by molar-refractivity contribution is -0.137. The number of ether oxygens (including phenoxy) is 1. The van der Waals surface area contributed by atoms with E-state index in [1.54, 1.807) is 4.90 Å². The van der Waals surface area contributed by atoms with Gasteiger partial charge in [-0.3, -0.25) is 4.90 Å². The lowest BCUT2D eigenvalue weighted by atomic mass is 10.2. The van der Waals surface area contributed by atoms with E-state index in [0.29, 0.717) is 32.8 Å². The predicted octanol–water partition coefficient (Wildman–Crippen LogP) is 4.04. The molecule has 2 atom stereocenters. The Morgan fingerprint density at radius 2 is 2.08 bits per heavy atom. The summed E-state index contributed by atoms with van der Waals surface area (Å²) in [5.41, 5.74) is -0.405. The number of nitrogens with zero attached hydrogens (tertiary/aromatic N) is 3. The molecule has 147 valence electrons. The molecule has 2 heterocycles. The first-order valence-corrected chi connectivity index (χ1v) is 13.1. The van der Waals surface area contributed by atoms with Gasteiger partial charge >= 0.3 is 6.18 Å². The number of aromatic nitrogens is 1. The van der Waals surface area contributed by atoms with Gasteiger partial charge in [-0.25, -0.2) is 4.98 Å². The van der Waals surface area contributed by atoms with Gasteiger partial charge in [0.25, 0.3) is 0 Å². The minimum Gasteiger partial charge on any atom is -0.380 e. The van der Waals surface area contributed by atoms with Crippen molar-refractivity contribution in [1.82, 2.24) is 9.88 Å². The van der Waals surface area contributed by atoms with Crippen molar-refractivity contribution in [2.75, 3.05) is 37.7 Å². The Bertz CT molecular complexity index is 597. The molecule has 1 radical (unpaired) electrons. The molecule has 0 amide bonds. The Hall–Kier alpha value is -0.643. The van der Waals surface area contributed by atoms with Crippen molar-refractivity contribution in [3.05, 3.63) is 30.8 Å². The zero-order valence-corrected chi connectivity index (χ0v) is 18.0. The number of hydrogen-bond acceptors (Lipinski definition) is 4. The summed E-state index contributed by atoms with van der Waals surface area (Å²) >= 11 is 3.58. The number of pyridine rings is 1. The number of anilines is 1. The minimum absolute atomic E-state index is 0.0138. The molecule has 1 saturated heterocycles. The van der Waals surface area contributed by atoms with Crippen molar-refractivity contribution in [1.29, 1.82) is 0 Å². The highest BCUT2D eigenvalue weighted by molar-refractivity contribution is 9.09. The lowest BCUT2D eigenvalue weighted by Crippen LogP contribution is -2.61. The van der Waals surface area contributed by atoms with Crippen LogP contribution in [0.25, 0.3) is 0 Å². The van der Waals surface area contributed by atoms with E-state index in [-0.39, 0.29) is 16.4 Å². The van der Waals surface area contributed by atoms with Crippen LogP contribution in [0.15, 0.2) is 18.3 Å². The second-order valence-electron chi connectivity index (χ2n) is 7.45. The predicted molar refractivity (Wildman–Crippen MR) is 104 cm³/mol. The molecule has 1 aromatic heterocycles. The van der Waals surface area contributed by atoms with Crippen LogP contribution >= 0.6 is 15.9 Å². The first-order chi connectivity index (χ1) is 12.1. The van der Waals surface area contributed by atoms with Crippen molar-refractivity contribution in [3.63, 3.8) is 0 Å².